The summed E-state index contributed by atoms with van der Waals surface area (Å²) in [4.78, 5) is 25.7. The Hall–Kier alpha value is -1.62. The van der Waals surface area contributed by atoms with E-state index in [2.05, 4.69) is 5.32 Å². The summed E-state index contributed by atoms with van der Waals surface area (Å²) < 4.78 is 13.4. The molecule has 0 radical (unpaired) electrons. The van der Waals surface area contributed by atoms with Crippen molar-refractivity contribution in [2.24, 2.45) is 0 Å². The summed E-state index contributed by atoms with van der Waals surface area (Å²) in [5.41, 5.74) is 0.439. The Morgan fingerprint density at radius 3 is 2.62 bits per heavy atom. The second-order valence-electron chi connectivity index (χ2n) is 5.10. The molecular weight excluding hydrogens is 295 g/mol. The summed E-state index contributed by atoms with van der Waals surface area (Å²) in [6, 6.07) is 3.51. The van der Waals surface area contributed by atoms with Gasteiger partial charge in [0.05, 0.1) is 11.4 Å². The molecular formula is C15H18ClFN2O2. The molecule has 1 N–H and O–H groups in total. The first-order chi connectivity index (χ1) is 9.97. The zero-order valence-electron chi connectivity index (χ0n) is 12.0. The van der Waals surface area contributed by atoms with Gasteiger partial charge in [-0.05, 0) is 31.0 Å². The largest absolute Gasteiger partial charge is 0.373 e. The van der Waals surface area contributed by atoms with Crippen molar-refractivity contribution >= 4 is 29.1 Å². The van der Waals surface area contributed by atoms with Crippen LogP contribution in [0.4, 0.5) is 10.1 Å². The number of anilines is 1. The molecule has 1 unspecified atom stereocenters. The van der Waals surface area contributed by atoms with E-state index in [1.165, 1.54) is 17.0 Å². The molecule has 1 fully saturated rings. The van der Waals surface area contributed by atoms with Gasteiger partial charge in [-0.1, -0.05) is 25.4 Å². The first-order valence-corrected chi connectivity index (χ1v) is 7.43. The zero-order chi connectivity index (χ0) is 15.6. The molecule has 1 saturated heterocycles. The number of carbonyl (C=O) groups is 2. The minimum absolute atomic E-state index is 0.0213. The Morgan fingerprint density at radius 2 is 2.05 bits per heavy atom. The topological polar surface area (TPSA) is 49.4 Å². The van der Waals surface area contributed by atoms with Gasteiger partial charge in [0, 0.05) is 11.7 Å². The molecule has 0 saturated carbocycles. The monoisotopic (exact) mass is 312 g/mol. The van der Waals surface area contributed by atoms with E-state index in [0.29, 0.717) is 5.69 Å². The predicted molar refractivity (Wildman–Crippen MR) is 79.7 cm³/mol. The van der Waals surface area contributed by atoms with Crippen LogP contribution in [0.2, 0.25) is 5.02 Å². The maximum absolute atomic E-state index is 13.4. The number of nitrogens with one attached hydrogen (secondary N) is 1. The fourth-order valence-corrected chi connectivity index (χ4v) is 2.71. The van der Waals surface area contributed by atoms with Crippen LogP contribution < -0.4 is 5.32 Å². The van der Waals surface area contributed by atoms with Gasteiger partial charge in [-0.15, -0.1) is 0 Å². The van der Waals surface area contributed by atoms with Crippen molar-refractivity contribution in [3.8, 4) is 0 Å². The van der Waals surface area contributed by atoms with Gasteiger partial charge in [-0.3, -0.25) is 14.5 Å². The van der Waals surface area contributed by atoms with Crippen LogP contribution in [0.5, 0.6) is 0 Å². The molecule has 1 aromatic rings. The van der Waals surface area contributed by atoms with Gasteiger partial charge in [0.25, 0.3) is 5.91 Å². The third-order valence-electron chi connectivity index (χ3n) is 3.75. The van der Waals surface area contributed by atoms with Crippen molar-refractivity contribution in [2.45, 2.75) is 45.2 Å². The molecule has 2 amide bonds. The maximum atomic E-state index is 13.4. The summed E-state index contributed by atoms with van der Waals surface area (Å²) in [5, 5.41) is 2.93. The molecule has 1 aromatic carbocycles. The van der Waals surface area contributed by atoms with Gasteiger partial charge in [0.2, 0.25) is 5.91 Å². The number of likely N-dealkylation sites (tertiary alicyclic amines) is 1. The Kier molecular flexibility index (Phi) is 4.83. The molecule has 0 aliphatic carbocycles. The SMILES string of the molecule is CCC(CC)N1C(=O)CC(Nc2ccc(Cl)c(F)c2)C1=O. The molecule has 1 heterocycles. The van der Waals surface area contributed by atoms with Crippen molar-refractivity contribution < 1.29 is 14.0 Å². The number of carbonyl (C=O) groups excluding carboxylic acids is 2. The Bertz CT molecular complexity index is 561. The fourth-order valence-electron chi connectivity index (χ4n) is 2.59. The summed E-state index contributed by atoms with van der Waals surface area (Å²) >= 11 is 5.62. The van der Waals surface area contributed by atoms with E-state index in [0.717, 1.165) is 12.8 Å². The number of hydrogen-bond donors (Lipinski definition) is 1. The number of hydrogen-bond acceptors (Lipinski definition) is 3. The minimum atomic E-state index is -0.640. The van der Waals surface area contributed by atoms with E-state index in [-0.39, 0.29) is 29.3 Å². The zero-order valence-corrected chi connectivity index (χ0v) is 12.8. The van der Waals surface area contributed by atoms with Crippen LogP contribution in [0.1, 0.15) is 33.1 Å². The molecule has 0 aromatic heterocycles. The van der Waals surface area contributed by atoms with Crippen molar-refractivity contribution in [1.29, 1.82) is 0 Å². The first kappa shape index (κ1) is 15.8. The highest BCUT2D eigenvalue weighted by molar-refractivity contribution is 6.30. The van der Waals surface area contributed by atoms with Crippen LogP contribution in [0.15, 0.2) is 18.2 Å². The van der Waals surface area contributed by atoms with E-state index in [1.807, 2.05) is 13.8 Å². The number of benzene rings is 1. The lowest BCUT2D eigenvalue weighted by atomic mass is 10.1. The van der Waals surface area contributed by atoms with E-state index in [4.69, 9.17) is 11.6 Å². The number of nitrogens with zero attached hydrogens (tertiary/aromatic N) is 1. The lowest BCUT2D eigenvalue weighted by Gasteiger charge is -2.24. The number of amides is 2. The molecule has 1 aliphatic heterocycles. The molecule has 1 aliphatic rings. The molecule has 4 nitrogen and oxygen atoms in total. The van der Waals surface area contributed by atoms with Crippen LogP contribution in [-0.4, -0.2) is 28.8 Å². The van der Waals surface area contributed by atoms with Crippen molar-refractivity contribution in [3.63, 3.8) is 0 Å². The Labute approximate surface area is 128 Å². The van der Waals surface area contributed by atoms with Crippen molar-refractivity contribution in [3.05, 3.63) is 29.0 Å². The quantitative estimate of drug-likeness (QED) is 0.849. The summed E-state index contributed by atoms with van der Waals surface area (Å²) in [6.07, 6.45) is 1.56. The van der Waals surface area contributed by atoms with Gasteiger partial charge in [-0.2, -0.15) is 0 Å². The van der Waals surface area contributed by atoms with Gasteiger partial charge in [0.15, 0.2) is 0 Å². The average Bonchev–Trinajstić information content (AvgIpc) is 2.72. The minimum Gasteiger partial charge on any atom is -0.373 e. The fraction of sp³-hybridized carbons (Fsp3) is 0.467. The Balaban J connectivity index is 2.13. The van der Waals surface area contributed by atoms with E-state index < -0.39 is 11.9 Å². The average molecular weight is 313 g/mol. The van der Waals surface area contributed by atoms with E-state index >= 15 is 0 Å². The molecule has 2 rings (SSSR count). The molecule has 0 bridgehead atoms. The predicted octanol–water partition coefficient (Wildman–Crippen LogP) is 3.21. The van der Waals surface area contributed by atoms with Gasteiger partial charge >= 0.3 is 0 Å². The molecule has 21 heavy (non-hydrogen) atoms. The van der Waals surface area contributed by atoms with Gasteiger partial charge in [0.1, 0.15) is 11.9 Å². The highest BCUT2D eigenvalue weighted by Gasteiger charge is 2.41. The second-order valence-corrected chi connectivity index (χ2v) is 5.51. The number of halogens is 2. The van der Waals surface area contributed by atoms with Crippen LogP contribution in [0.25, 0.3) is 0 Å². The lowest BCUT2D eigenvalue weighted by molar-refractivity contribution is -0.141. The van der Waals surface area contributed by atoms with Crippen LogP contribution >= 0.6 is 11.6 Å². The lowest BCUT2D eigenvalue weighted by Crippen LogP contribution is -2.41. The first-order valence-electron chi connectivity index (χ1n) is 7.05. The maximum Gasteiger partial charge on any atom is 0.252 e. The van der Waals surface area contributed by atoms with Gasteiger partial charge in [-0.25, -0.2) is 4.39 Å². The van der Waals surface area contributed by atoms with E-state index in [9.17, 15) is 14.0 Å². The Morgan fingerprint density at radius 1 is 1.38 bits per heavy atom. The molecule has 114 valence electrons. The summed E-state index contributed by atoms with van der Waals surface area (Å²) in [5.74, 6) is -0.986. The van der Waals surface area contributed by atoms with Crippen molar-refractivity contribution in [2.75, 3.05) is 5.32 Å². The summed E-state index contributed by atoms with van der Waals surface area (Å²) in [6.45, 7) is 3.90. The third-order valence-corrected chi connectivity index (χ3v) is 4.06. The number of rotatable bonds is 5. The standard InChI is InChI=1S/C15H18ClFN2O2/c1-3-10(4-2)19-14(20)8-13(15(19)21)18-9-5-6-11(16)12(17)7-9/h5-7,10,13,18H,3-4,8H2,1-2H3. The molecule has 6 heteroatoms. The number of imide groups is 1. The van der Waals surface area contributed by atoms with E-state index in [1.54, 1.807) is 6.07 Å². The molecule has 0 spiro atoms. The van der Waals surface area contributed by atoms with Crippen molar-refractivity contribution in [1.82, 2.24) is 4.90 Å². The third kappa shape index (κ3) is 3.18. The smallest absolute Gasteiger partial charge is 0.252 e. The van der Waals surface area contributed by atoms with Gasteiger partial charge < -0.3 is 5.32 Å². The highest BCUT2D eigenvalue weighted by atomic mass is 35.5. The van der Waals surface area contributed by atoms with Crippen LogP contribution in [0.3, 0.4) is 0 Å². The van der Waals surface area contributed by atoms with Crippen LogP contribution in [-0.2, 0) is 9.59 Å². The molecule has 1 atom stereocenters. The second kappa shape index (κ2) is 6.43. The van der Waals surface area contributed by atoms with Crippen LogP contribution in [0, 0.1) is 5.82 Å². The summed E-state index contributed by atoms with van der Waals surface area (Å²) in [7, 11) is 0. The highest BCUT2D eigenvalue weighted by Crippen LogP contribution is 2.24. The normalized spacial score (nSPS) is 18.7.